The number of aldehydes is 1. The molecule has 0 N–H and O–H groups in total. The number of fused-ring (bicyclic) bond motifs is 1. The van der Waals surface area contributed by atoms with Gasteiger partial charge in [-0.3, -0.25) is 0 Å². The van der Waals surface area contributed by atoms with Crippen LogP contribution in [0.4, 0.5) is 0 Å². The maximum absolute atomic E-state index is 10.3. The average molecular weight is 206 g/mol. The highest BCUT2D eigenvalue weighted by Gasteiger charge is 2.23. The lowest BCUT2D eigenvalue weighted by atomic mass is 10.0. The van der Waals surface area contributed by atoms with Crippen molar-refractivity contribution >= 4 is 6.29 Å². The standard InChI is InChI=1S/C12H14O3/c1-8(2)9-3-4-10-11(7-9)15-12(14-10)5-6-13/h3-4,6-8,12H,5H2,1-2H3. The van der Waals surface area contributed by atoms with E-state index in [1.807, 2.05) is 18.2 Å². The molecular weight excluding hydrogens is 192 g/mol. The van der Waals surface area contributed by atoms with Crippen molar-refractivity contribution in [2.75, 3.05) is 0 Å². The van der Waals surface area contributed by atoms with Gasteiger partial charge in [-0.05, 0) is 23.6 Å². The molecule has 0 amide bonds. The van der Waals surface area contributed by atoms with E-state index in [0.717, 1.165) is 17.8 Å². The molecule has 0 saturated heterocycles. The minimum Gasteiger partial charge on any atom is -0.451 e. The highest BCUT2D eigenvalue weighted by molar-refractivity contribution is 5.52. The van der Waals surface area contributed by atoms with E-state index >= 15 is 0 Å². The SMILES string of the molecule is CC(C)c1ccc2c(c1)OC(CC=O)O2. The predicted molar refractivity (Wildman–Crippen MR) is 56.3 cm³/mol. The summed E-state index contributed by atoms with van der Waals surface area (Å²) >= 11 is 0. The molecule has 1 aliphatic rings. The monoisotopic (exact) mass is 206 g/mol. The van der Waals surface area contributed by atoms with Gasteiger partial charge in [0.15, 0.2) is 11.5 Å². The number of benzene rings is 1. The van der Waals surface area contributed by atoms with Crippen LogP contribution in [-0.4, -0.2) is 12.6 Å². The summed E-state index contributed by atoms with van der Waals surface area (Å²) in [7, 11) is 0. The fraction of sp³-hybridized carbons (Fsp3) is 0.417. The zero-order valence-corrected chi connectivity index (χ0v) is 8.90. The van der Waals surface area contributed by atoms with E-state index < -0.39 is 6.29 Å². The lowest BCUT2D eigenvalue weighted by Gasteiger charge is -2.05. The summed E-state index contributed by atoms with van der Waals surface area (Å²) in [6.45, 7) is 4.25. The zero-order chi connectivity index (χ0) is 10.8. The van der Waals surface area contributed by atoms with Gasteiger partial charge in [-0.1, -0.05) is 19.9 Å². The predicted octanol–water partition coefficient (Wildman–Crippen LogP) is 2.50. The van der Waals surface area contributed by atoms with Crippen LogP contribution < -0.4 is 9.47 Å². The van der Waals surface area contributed by atoms with E-state index in [1.54, 1.807) is 0 Å². The topological polar surface area (TPSA) is 35.5 Å². The summed E-state index contributed by atoms with van der Waals surface area (Å²) in [5.74, 6) is 1.93. The van der Waals surface area contributed by atoms with Crippen LogP contribution >= 0.6 is 0 Å². The maximum Gasteiger partial charge on any atom is 0.248 e. The van der Waals surface area contributed by atoms with Gasteiger partial charge in [0.25, 0.3) is 0 Å². The first kappa shape index (κ1) is 10.0. The van der Waals surface area contributed by atoms with E-state index in [2.05, 4.69) is 13.8 Å². The van der Waals surface area contributed by atoms with E-state index in [4.69, 9.17) is 9.47 Å². The molecule has 3 heteroatoms. The number of rotatable bonds is 3. The van der Waals surface area contributed by atoms with Gasteiger partial charge in [0.1, 0.15) is 6.29 Å². The molecule has 15 heavy (non-hydrogen) atoms. The first-order chi connectivity index (χ1) is 7.20. The fourth-order valence-corrected chi connectivity index (χ4v) is 1.56. The Labute approximate surface area is 89.0 Å². The quantitative estimate of drug-likeness (QED) is 0.713. The molecule has 3 nitrogen and oxygen atoms in total. The summed E-state index contributed by atoms with van der Waals surface area (Å²) in [6, 6.07) is 5.90. The molecule has 0 spiro atoms. The van der Waals surface area contributed by atoms with Gasteiger partial charge in [-0.2, -0.15) is 0 Å². The van der Waals surface area contributed by atoms with Crippen molar-refractivity contribution in [3.8, 4) is 11.5 Å². The van der Waals surface area contributed by atoms with E-state index in [0.29, 0.717) is 5.92 Å². The Bertz CT molecular complexity index is 371. The summed E-state index contributed by atoms with van der Waals surface area (Å²) < 4.78 is 10.9. The minimum absolute atomic E-state index is 0.270. The van der Waals surface area contributed by atoms with Gasteiger partial charge in [-0.15, -0.1) is 0 Å². The van der Waals surface area contributed by atoms with Crippen LogP contribution in [0.5, 0.6) is 11.5 Å². The summed E-state index contributed by atoms with van der Waals surface area (Å²) in [4.78, 5) is 10.3. The third-order valence-corrected chi connectivity index (χ3v) is 2.44. The highest BCUT2D eigenvalue weighted by Crippen LogP contribution is 2.37. The average Bonchev–Trinajstić information content (AvgIpc) is 2.59. The van der Waals surface area contributed by atoms with Gasteiger partial charge < -0.3 is 14.3 Å². The fourth-order valence-electron chi connectivity index (χ4n) is 1.56. The van der Waals surface area contributed by atoms with E-state index in [1.165, 1.54) is 5.56 Å². The largest absolute Gasteiger partial charge is 0.451 e. The third-order valence-electron chi connectivity index (χ3n) is 2.44. The van der Waals surface area contributed by atoms with Crippen molar-refractivity contribution in [3.63, 3.8) is 0 Å². The van der Waals surface area contributed by atoms with Crippen LogP contribution in [0.3, 0.4) is 0 Å². The van der Waals surface area contributed by atoms with Crippen LogP contribution in [0.1, 0.15) is 31.7 Å². The summed E-state index contributed by atoms with van der Waals surface area (Å²) in [5, 5.41) is 0. The van der Waals surface area contributed by atoms with Crippen molar-refractivity contribution in [1.29, 1.82) is 0 Å². The number of carbonyl (C=O) groups is 1. The molecule has 1 aromatic rings. The Balaban J connectivity index is 2.20. The number of carbonyl (C=O) groups excluding carboxylic acids is 1. The van der Waals surface area contributed by atoms with E-state index in [-0.39, 0.29) is 6.42 Å². The van der Waals surface area contributed by atoms with Crippen LogP contribution in [0, 0.1) is 0 Å². The molecule has 0 aliphatic carbocycles. The highest BCUT2D eigenvalue weighted by atomic mass is 16.7. The molecule has 80 valence electrons. The molecule has 0 fully saturated rings. The Hall–Kier alpha value is -1.51. The normalized spacial score (nSPS) is 18.2. The van der Waals surface area contributed by atoms with Crippen molar-refractivity contribution < 1.29 is 14.3 Å². The third kappa shape index (κ3) is 1.96. The van der Waals surface area contributed by atoms with E-state index in [9.17, 15) is 4.79 Å². The minimum atomic E-state index is -0.445. The zero-order valence-electron chi connectivity index (χ0n) is 8.90. The van der Waals surface area contributed by atoms with Gasteiger partial charge in [0, 0.05) is 0 Å². The molecular formula is C12H14O3. The maximum atomic E-state index is 10.3. The number of hydrogen-bond acceptors (Lipinski definition) is 3. The molecule has 1 aromatic carbocycles. The summed E-state index contributed by atoms with van der Waals surface area (Å²) in [5.41, 5.74) is 1.21. The first-order valence-electron chi connectivity index (χ1n) is 5.11. The molecule has 1 heterocycles. The molecule has 0 radical (unpaired) electrons. The Morgan fingerprint density at radius 2 is 2.07 bits per heavy atom. The van der Waals surface area contributed by atoms with Gasteiger partial charge in [-0.25, -0.2) is 0 Å². The Kier molecular flexibility index (Phi) is 2.62. The molecule has 0 aromatic heterocycles. The van der Waals surface area contributed by atoms with Crippen LogP contribution in [0.2, 0.25) is 0 Å². The van der Waals surface area contributed by atoms with Crippen molar-refractivity contribution in [3.05, 3.63) is 23.8 Å². The smallest absolute Gasteiger partial charge is 0.248 e. The molecule has 2 rings (SSSR count). The first-order valence-corrected chi connectivity index (χ1v) is 5.11. The van der Waals surface area contributed by atoms with Crippen molar-refractivity contribution in [2.45, 2.75) is 32.5 Å². The second-order valence-corrected chi connectivity index (χ2v) is 3.93. The molecule has 0 saturated carbocycles. The van der Waals surface area contributed by atoms with Gasteiger partial charge >= 0.3 is 0 Å². The second-order valence-electron chi connectivity index (χ2n) is 3.93. The molecule has 1 unspecified atom stereocenters. The van der Waals surface area contributed by atoms with Crippen LogP contribution in [-0.2, 0) is 4.79 Å². The van der Waals surface area contributed by atoms with Crippen LogP contribution in [0.25, 0.3) is 0 Å². The molecule has 0 bridgehead atoms. The van der Waals surface area contributed by atoms with Gasteiger partial charge in [0.05, 0.1) is 6.42 Å². The lowest BCUT2D eigenvalue weighted by Crippen LogP contribution is -2.17. The van der Waals surface area contributed by atoms with Gasteiger partial charge in [0.2, 0.25) is 6.29 Å². The Morgan fingerprint density at radius 3 is 2.73 bits per heavy atom. The molecule has 1 aliphatic heterocycles. The Morgan fingerprint density at radius 1 is 1.33 bits per heavy atom. The number of ether oxygens (including phenoxy) is 2. The summed E-state index contributed by atoms with van der Waals surface area (Å²) in [6.07, 6.45) is 0.630. The van der Waals surface area contributed by atoms with Crippen molar-refractivity contribution in [1.82, 2.24) is 0 Å². The second kappa shape index (κ2) is 3.93. The molecule has 1 atom stereocenters. The number of hydrogen-bond donors (Lipinski definition) is 0. The lowest BCUT2D eigenvalue weighted by molar-refractivity contribution is -0.111. The van der Waals surface area contributed by atoms with Crippen molar-refractivity contribution in [2.24, 2.45) is 0 Å². The van der Waals surface area contributed by atoms with Crippen LogP contribution in [0.15, 0.2) is 18.2 Å².